The highest BCUT2D eigenvalue weighted by molar-refractivity contribution is 6.15. The lowest BCUT2D eigenvalue weighted by Gasteiger charge is -2.19. The van der Waals surface area contributed by atoms with Gasteiger partial charge < -0.3 is 15.0 Å². The van der Waals surface area contributed by atoms with E-state index in [1.165, 1.54) is 116 Å². The molecular formula is C63H45N3. The van der Waals surface area contributed by atoms with Gasteiger partial charge in [-0.2, -0.15) is 0 Å². The summed E-state index contributed by atoms with van der Waals surface area (Å²) in [4.78, 5) is 11.5. The van der Waals surface area contributed by atoms with Crippen LogP contribution in [0.15, 0.2) is 200 Å². The molecule has 66 heavy (non-hydrogen) atoms. The number of fused-ring (bicyclic) bond motifs is 9. The normalized spacial score (nSPS) is 11.9. The summed E-state index contributed by atoms with van der Waals surface area (Å²) in [6.07, 6.45) is 0. The van der Waals surface area contributed by atoms with Crippen molar-refractivity contribution < 1.29 is 0 Å². The fourth-order valence-corrected chi connectivity index (χ4v) is 10.8. The van der Waals surface area contributed by atoms with Crippen LogP contribution in [0.1, 0.15) is 16.7 Å². The van der Waals surface area contributed by atoms with Crippen LogP contribution in [0.4, 0.5) is 0 Å². The standard InChI is InChI=1S/C63H45N3/c1-37-25-28-43(49-16-10-19-52-46-13-4-7-22-58(46)64-61(49)52)55(31-37)40-34-41(56-32-38(2)26-29-44(56)50-17-11-20-53-47-14-5-8-23-59(47)65-62(50)53)36-42(35-40)57-33-39(3)27-30-45(57)51-18-12-21-54-48-15-6-9-24-60(48)66-63(51)54/h4-36,64-66H,1-3H3. The maximum Gasteiger partial charge on any atom is 0.0544 e. The van der Waals surface area contributed by atoms with Crippen molar-refractivity contribution in [2.45, 2.75) is 20.8 Å². The number of hydrogen-bond donors (Lipinski definition) is 3. The van der Waals surface area contributed by atoms with E-state index in [1.54, 1.807) is 0 Å². The topological polar surface area (TPSA) is 47.4 Å². The zero-order valence-corrected chi connectivity index (χ0v) is 37.1. The Labute approximate surface area is 383 Å². The van der Waals surface area contributed by atoms with Gasteiger partial charge in [0.05, 0.1) is 16.6 Å². The van der Waals surface area contributed by atoms with Gasteiger partial charge >= 0.3 is 0 Å². The van der Waals surface area contributed by atoms with E-state index in [9.17, 15) is 0 Å². The Hall–Kier alpha value is -8.40. The second-order valence-electron chi connectivity index (χ2n) is 18.1. The Balaban J connectivity index is 1.10. The van der Waals surface area contributed by atoms with E-state index in [0.29, 0.717) is 0 Å². The highest BCUT2D eigenvalue weighted by Gasteiger charge is 2.21. The molecule has 0 bridgehead atoms. The monoisotopic (exact) mass is 843 g/mol. The largest absolute Gasteiger partial charge is 0.354 e. The first kappa shape index (κ1) is 38.1. The van der Waals surface area contributed by atoms with Crippen LogP contribution in [-0.2, 0) is 0 Å². The summed E-state index contributed by atoms with van der Waals surface area (Å²) in [5, 5.41) is 7.41. The highest BCUT2D eigenvalue weighted by atomic mass is 14.7. The van der Waals surface area contributed by atoms with Crippen molar-refractivity contribution in [1.82, 2.24) is 15.0 Å². The molecule has 0 saturated heterocycles. The fraction of sp³-hybridized carbons (Fsp3) is 0.0476. The first-order valence-corrected chi connectivity index (χ1v) is 22.9. The summed E-state index contributed by atoms with van der Waals surface area (Å²) >= 11 is 0. The molecule has 0 amide bonds. The van der Waals surface area contributed by atoms with Crippen LogP contribution >= 0.6 is 0 Å². The van der Waals surface area contributed by atoms with Gasteiger partial charge in [0.25, 0.3) is 0 Å². The molecule has 0 aliphatic heterocycles. The number of aromatic nitrogens is 3. The van der Waals surface area contributed by atoms with Crippen molar-refractivity contribution in [2.24, 2.45) is 0 Å². The first-order valence-electron chi connectivity index (χ1n) is 22.9. The van der Waals surface area contributed by atoms with Gasteiger partial charge in [-0.05, 0) is 107 Å². The predicted octanol–water partition coefficient (Wildman–Crippen LogP) is 17.5. The van der Waals surface area contributed by atoms with Crippen molar-refractivity contribution >= 4 is 65.4 Å². The van der Waals surface area contributed by atoms with E-state index in [0.717, 1.165) is 33.1 Å². The van der Waals surface area contributed by atoms with Crippen LogP contribution in [0.25, 0.3) is 132 Å². The molecule has 13 aromatic rings. The maximum atomic E-state index is 3.82. The van der Waals surface area contributed by atoms with Crippen molar-refractivity contribution in [1.29, 1.82) is 0 Å². The lowest BCUT2D eigenvalue weighted by molar-refractivity contribution is 1.44. The molecule has 10 aromatic carbocycles. The number of aryl methyl sites for hydroxylation is 3. The summed E-state index contributed by atoms with van der Waals surface area (Å²) in [6, 6.07) is 74.2. The van der Waals surface area contributed by atoms with E-state index >= 15 is 0 Å². The summed E-state index contributed by atoms with van der Waals surface area (Å²) < 4.78 is 0. The molecule has 0 saturated carbocycles. The molecule has 3 heteroatoms. The molecule has 0 unspecified atom stereocenters. The molecule has 3 nitrogen and oxygen atoms in total. The smallest absolute Gasteiger partial charge is 0.0544 e. The molecule has 0 aliphatic rings. The van der Waals surface area contributed by atoms with Gasteiger partial charge in [-0.1, -0.05) is 180 Å². The number of aromatic amines is 3. The van der Waals surface area contributed by atoms with Crippen molar-refractivity contribution in [2.75, 3.05) is 0 Å². The van der Waals surface area contributed by atoms with Crippen LogP contribution in [0, 0.1) is 20.8 Å². The average Bonchev–Trinajstić information content (AvgIpc) is 4.06. The zero-order valence-electron chi connectivity index (χ0n) is 37.1. The van der Waals surface area contributed by atoms with Gasteiger partial charge in [0.2, 0.25) is 0 Å². The Kier molecular flexibility index (Phi) is 8.56. The van der Waals surface area contributed by atoms with Crippen molar-refractivity contribution in [3.05, 3.63) is 217 Å². The van der Waals surface area contributed by atoms with Crippen molar-refractivity contribution in [3.63, 3.8) is 0 Å². The first-order chi connectivity index (χ1) is 32.4. The molecule has 0 radical (unpaired) electrons. The van der Waals surface area contributed by atoms with Gasteiger partial charge in [-0.25, -0.2) is 0 Å². The van der Waals surface area contributed by atoms with Gasteiger partial charge in [-0.15, -0.1) is 0 Å². The molecule has 3 aromatic heterocycles. The number of nitrogens with one attached hydrogen (secondary N) is 3. The fourth-order valence-electron chi connectivity index (χ4n) is 10.8. The third-order valence-corrected chi connectivity index (χ3v) is 13.9. The summed E-state index contributed by atoms with van der Waals surface area (Å²) in [6.45, 7) is 6.63. The molecule has 312 valence electrons. The minimum atomic E-state index is 1.15. The molecule has 0 atom stereocenters. The molecule has 0 fully saturated rings. The van der Waals surface area contributed by atoms with Gasteiger partial charge in [0.1, 0.15) is 0 Å². The summed E-state index contributed by atoms with van der Waals surface area (Å²) in [7, 11) is 0. The molecule has 3 N–H and O–H groups in total. The maximum absolute atomic E-state index is 3.82. The van der Waals surface area contributed by atoms with Crippen molar-refractivity contribution in [3.8, 4) is 66.8 Å². The van der Waals surface area contributed by atoms with Crippen LogP contribution in [0.2, 0.25) is 0 Å². The third-order valence-electron chi connectivity index (χ3n) is 13.9. The minimum Gasteiger partial charge on any atom is -0.354 e. The predicted molar refractivity (Wildman–Crippen MR) is 281 cm³/mol. The SMILES string of the molecule is Cc1ccc(-c2cccc3c2[nH]c2ccccc23)c(-c2cc(-c3cc(C)ccc3-c3cccc4c3[nH]c3ccccc34)cc(-c3cc(C)ccc3-c3cccc4c3[nH]c3ccccc34)c2)c1. The second kappa shape index (κ2) is 14.8. The van der Waals surface area contributed by atoms with E-state index in [1.807, 2.05) is 0 Å². The van der Waals surface area contributed by atoms with Gasteiger partial charge in [-0.3, -0.25) is 0 Å². The van der Waals surface area contributed by atoms with E-state index in [2.05, 4.69) is 236 Å². The van der Waals surface area contributed by atoms with Crippen LogP contribution < -0.4 is 0 Å². The minimum absolute atomic E-state index is 1.15. The van der Waals surface area contributed by atoms with Crippen LogP contribution in [0.3, 0.4) is 0 Å². The van der Waals surface area contributed by atoms with Crippen LogP contribution in [0.5, 0.6) is 0 Å². The average molecular weight is 844 g/mol. The van der Waals surface area contributed by atoms with E-state index in [4.69, 9.17) is 0 Å². The van der Waals surface area contributed by atoms with Crippen LogP contribution in [-0.4, -0.2) is 15.0 Å². The highest BCUT2D eigenvalue weighted by Crippen LogP contribution is 2.46. The zero-order chi connectivity index (χ0) is 44.0. The number of H-pyrrole nitrogens is 3. The quantitative estimate of drug-likeness (QED) is 0.149. The number of rotatable bonds is 6. The number of benzene rings is 10. The van der Waals surface area contributed by atoms with E-state index in [-0.39, 0.29) is 0 Å². The lowest BCUT2D eigenvalue weighted by Crippen LogP contribution is -1.94. The molecule has 13 rings (SSSR count). The lowest BCUT2D eigenvalue weighted by atomic mass is 9.84. The second-order valence-corrected chi connectivity index (χ2v) is 18.1. The molecule has 3 heterocycles. The van der Waals surface area contributed by atoms with Gasteiger partial charge in [0.15, 0.2) is 0 Å². The molecule has 0 aliphatic carbocycles. The molecular weight excluding hydrogens is 799 g/mol. The number of hydrogen-bond acceptors (Lipinski definition) is 0. The Morgan fingerprint density at radius 2 is 0.515 bits per heavy atom. The molecule has 0 spiro atoms. The third kappa shape index (κ3) is 6.04. The Morgan fingerprint density at radius 1 is 0.227 bits per heavy atom. The van der Waals surface area contributed by atoms with E-state index < -0.39 is 0 Å². The number of para-hydroxylation sites is 6. The summed E-state index contributed by atoms with van der Waals surface area (Å²) in [5.74, 6) is 0. The van der Waals surface area contributed by atoms with Gasteiger partial charge in [0, 0.05) is 65.6 Å². The summed E-state index contributed by atoms with van der Waals surface area (Å²) in [5.41, 5.74) is 24.8. The Bertz CT molecular complexity index is 3660. The Morgan fingerprint density at radius 3 is 0.833 bits per heavy atom.